The molecule has 0 bridgehead atoms. The summed E-state index contributed by atoms with van der Waals surface area (Å²) in [4.78, 5) is 12.4. The molecule has 106 valence electrons. The highest BCUT2D eigenvalue weighted by Gasteiger charge is 2.20. The van der Waals surface area contributed by atoms with E-state index >= 15 is 0 Å². The minimum atomic E-state index is -0.636. The van der Waals surface area contributed by atoms with Gasteiger partial charge in [-0.15, -0.1) is 0 Å². The van der Waals surface area contributed by atoms with Crippen LogP contribution >= 0.6 is 0 Å². The van der Waals surface area contributed by atoms with Gasteiger partial charge in [0.1, 0.15) is 17.4 Å². The van der Waals surface area contributed by atoms with Crippen molar-refractivity contribution in [2.24, 2.45) is 0 Å². The van der Waals surface area contributed by atoms with Crippen molar-refractivity contribution >= 4 is 11.6 Å². The molecule has 0 spiro atoms. The fourth-order valence-electron chi connectivity index (χ4n) is 2.22. The van der Waals surface area contributed by atoms with Gasteiger partial charge in [-0.05, 0) is 24.1 Å². The molecule has 0 aliphatic heterocycles. The van der Waals surface area contributed by atoms with E-state index in [2.05, 4.69) is 5.32 Å². The molecule has 0 aromatic heterocycles. The summed E-state index contributed by atoms with van der Waals surface area (Å²) in [5, 5.41) is 11.6. The van der Waals surface area contributed by atoms with Crippen LogP contribution in [0.2, 0.25) is 0 Å². The number of nitriles is 1. The smallest absolute Gasteiger partial charge is 0.231 e. The molecule has 1 N–H and O–H groups in total. The van der Waals surface area contributed by atoms with Crippen LogP contribution in [0.5, 0.6) is 0 Å². The zero-order valence-corrected chi connectivity index (χ0v) is 11.6. The Labute approximate surface area is 123 Å². The molecule has 2 rings (SSSR count). The van der Waals surface area contributed by atoms with E-state index in [0.717, 1.165) is 5.56 Å². The number of anilines is 1. The van der Waals surface area contributed by atoms with E-state index in [1.165, 1.54) is 18.2 Å². The van der Waals surface area contributed by atoms with Crippen LogP contribution in [0.25, 0.3) is 0 Å². The van der Waals surface area contributed by atoms with Crippen molar-refractivity contribution in [1.82, 2.24) is 0 Å². The number of carbonyl (C=O) groups is 1. The van der Waals surface area contributed by atoms with Gasteiger partial charge in [0.15, 0.2) is 0 Å². The minimum Gasteiger partial charge on any atom is -0.324 e. The number of nitrogens with one attached hydrogen (secondary N) is 1. The van der Waals surface area contributed by atoms with Gasteiger partial charge >= 0.3 is 0 Å². The molecule has 1 amide bonds. The van der Waals surface area contributed by atoms with Gasteiger partial charge in [0.25, 0.3) is 0 Å². The van der Waals surface area contributed by atoms with Gasteiger partial charge in [-0.2, -0.15) is 5.26 Å². The van der Waals surface area contributed by atoms with Crippen LogP contribution in [0, 0.1) is 17.1 Å². The fourth-order valence-corrected chi connectivity index (χ4v) is 2.22. The summed E-state index contributed by atoms with van der Waals surface area (Å²) in [6.07, 6.45) is 0.618. The number of nitrogens with zero attached hydrogens (tertiary/aromatic N) is 1. The average molecular weight is 282 g/mol. The molecule has 3 nitrogen and oxygen atoms in total. The van der Waals surface area contributed by atoms with Crippen molar-refractivity contribution < 1.29 is 9.18 Å². The number of halogens is 1. The average Bonchev–Trinajstić information content (AvgIpc) is 2.49. The maximum Gasteiger partial charge on any atom is 0.231 e. The van der Waals surface area contributed by atoms with Gasteiger partial charge in [-0.25, -0.2) is 4.39 Å². The van der Waals surface area contributed by atoms with Crippen LogP contribution in [-0.4, -0.2) is 5.91 Å². The standard InChI is InChI=1S/C17H15FN2O/c1-2-13(12-7-4-3-5-8-12)17(21)20-16-10-6-9-15(18)14(16)11-19/h3-10,13H,2H2,1H3,(H,20,21). The summed E-state index contributed by atoms with van der Waals surface area (Å²) in [6, 6.07) is 15.3. The van der Waals surface area contributed by atoms with E-state index in [9.17, 15) is 9.18 Å². The molecule has 21 heavy (non-hydrogen) atoms. The Morgan fingerprint density at radius 3 is 2.57 bits per heavy atom. The maximum absolute atomic E-state index is 13.5. The van der Waals surface area contributed by atoms with Crippen LogP contribution in [0.1, 0.15) is 30.4 Å². The third-order valence-corrected chi connectivity index (χ3v) is 3.31. The van der Waals surface area contributed by atoms with Crippen molar-refractivity contribution in [1.29, 1.82) is 5.26 Å². The molecule has 0 aliphatic rings. The van der Waals surface area contributed by atoms with Crippen molar-refractivity contribution in [2.75, 3.05) is 5.32 Å². The van der Waals surface area contributed by atoms with E-state index in [-0.39, 0.29) is 23.1 Å². The number of hydrogen-bond acceptors (Lipinski definition) is 2. The second kappa shape index (κ2) is 6.67. The van der Waals surface area contributed by atoms with Gasteiger partial charge in [0.2, 0.25) is 5.91 Å². The molecule has 1 atom stereocenters. The van der Waals surface area contributed by atoms with Crippen LogP contribution in [0.4, 0.5) is 10.1 Å². The first-order valence-corrected chi connectivity index (χ1v) is 6.71. The maximum atomic E-state index is 13.5. The zero-order valence-electron chi connectivity index (χ0n) is 11.6. The lowest BCUT2D eigenvalue weighted by atomic mass is 9.95. The Kier molecular flexibility index (Phi) is 4.68. The third-order valence-electron chi connectivity index (χ3n) is 3.31. The molecule has 2 aromatic rings. The lowest BCUT2D eigenvalue weighted by molar-refractivity contribution is -0.117. The van der Waals surface area contributed by atoms with Crippen LogP contribution < -0.4 is 5.32 Å². The summed E-state index contributed by atoms with van der Waals surface area (Å²) in [7, 11) is 0. The van der Waals surface area contributed by atoms with Crippen LogP contribution in [0.3, 0.4) is 0 Å². The molecule has 0 radical (unpaired) electrons. The van der Waals surface area contributed by atoms with Gasteiger partial charge in [0, 0.05) is 0 Å². The molecule has 0 heterocycles. The second-order valence-corrected chi connectivity index (χ2v) is 4.63. The lowest BCUT2D eigenvalue weighted by Gasteiger charge is -2.16. The first-order chi connectivity index (χ1) is 10.2. The molecular formula is C17H15FN2O. The molecular weight excluding hydrogens is 267 g/mol. The molecule has 1 unspecified atom stereocenters. The van der Waals surface area contributed by atoms with Crippen LogP contribution in [0.15, 0.2) is 48.5 Å². The first kappa shape index (κ1) is 14.7. The van der Waals surface area contributed by atoms with Crippen molar-refractivity contribution in [3.8, 4) is 6.07 Å². The number of rotatable bonds is 4. The summed E-state index contributed by atoms with van der Waals surface area (Å²) in [6.45, 7) is 1.91. The van der Waals surface area contributed by atoms with Gasteiger partial charge in [0.05, 0.1) is 11.6 Å². The van der Waals surface area contributed by atoms with Crippen molar-refractivity contribution in [2.45, 2.75) is 19.3 Å². The van der Waals surface area contributed by atoms with E-state index in [1.807, 2.05) is 37.3 Å². The molecule has 0 fully saturated rings. The molecule has 2 aromatic carbocycles. The molecule has 0 saturated carbocycles. The third kappa shape index (κ3) is 3.26. The van der Waals surface area contributed by atoms with E-state index in [0.29, 0.717) is 6.42 Å². The Balaban J connectivity index is 2.25. The van der Waals surface area contributed by atoms with Gasteiger partial charge in [-0.1, -0.05) is 43.3 Å². The van der Waals surface area contributed by atoms with Crippen molar-refractivity contribution in [3.63, 3.8) is 0 Å². The summed E-state index contributed by atoms with van der Waals surface area (Å²) < 4.78 is 13.5. The first-order valence-electron chi connectivity index (χ1n) is 6.71. The second-order valence-electron chi connectivity index (χ2n) is 4.63. The summed E-state index contributed by atoms with van der Waals surface area (Å²) in [5.41, 5.74) is 0.957. The summed E-state index contributed by atoms with van der Waals surface area (Å²) in [5.74, 6) is -1.21. The highest BCUT2D eigenvalue weighted by Crippen LogP contribution is 2.23. The lowest BCUT2D eigenvalue weighted by Crippen LogP contribution is -2.21. The van der Waals surface area contributed by atoms with Gasteiger partial charge < -0.3 is 5.32 Å². The number of hydrogen-bond donors (Lipinski definition) is 1. The number of benzene rings is 2. The van der Waals surface area contributed by atoms with Crippen molar-refractivity contribution in [3.05, 3.63) is 65.5 Å². The quantitative estimate of drug-likeness (QED) is 0.926. The molecule has 0 aliphatic carbocycles. The fraction of sp³-hybridized carbons (Fsp3) is 0.176. The SMILES string of the molecule is CCC(C(=O)Nc1cccc(F)c1C#N)c1ccccc1. The van der Waals surface area contributed by atoms with E-state index in [4.69, 9.17) is 5.26 Å². The molecule has 4 heteroatoms. The summed E-state index contributed by atoms with van der Waals surface area (Å²) >= 11 is 0. The Morgan fingerprint density at radius 2 is 1.95 bits per heavy atom. The van der Waals surface area contributed by atoms with Gasteiger partial charge in [-0.3, -0.25) is 4.79 Å². The van der Waals surface area contributed by atoms with E-state index in [1.54, 1.807) is 6.07 Å². The van der Waals surface area contributed by atoms with E-state index < -0.39 is 5.82 Å². The predicted molar refractivity (Wildman–Crippen MR) is 79.2 cm³/mol. The topological polar surface area (TPSA) is 52.9 Å². The Hall–Kier alpha value is -2.67. The number of amides is 1. The normalized spacial score (nSPS) is 11.5. The van der Waals surface area contributed by atoms with Crippen LogP contribution in [-0.2, 0) is 4.79 Å². The largest absolute Gasteiger partial charge is 0.324 e. The highest BCUT2D eigenvalue weighted by atomic mass is 19.1. The number of carbonyl (C=O) groups excluding carboxylic acids is 1. The minimum absolute atomic E-state index is 0.145. The Morgan fingerprint density at radius 1 is 1.24 bits per heavy atom. The zero-order chi connectivity index (χ0) is 15.2. The highest BCUT2D eigenvalue weighted by molar-refractivity contribution is 5.96. The Bertz CT molecular complexity index is 677. The molecule has 0 saturated heterocycles. The predicted octanol–water partition coefficient (Wildman–Crippen LogP) is 3.83. The monoisotopic (exact) mass is 282 g/mol.